The molecule has 3 rings (SSSR count). The zero-order chi connectivity index (χ0) is 14.7. The van der Waals surface area contributed by atoms with Crippen molar-refractivity contribution in [1.82, 2.24) is 10.3 Å². The number of aromatic nitrogens is 1. The first-order valence-electron chi connectivity index (χ1n) is 6.98. The number of methoxy groups -OCH3 is 1. The van der Waals surface area contributed by atoms with Crippen molar-refractivity contribution in [2.75, 3.05) is 20.7 Å². The first kappa shape index (κ1) is 14.0. The summed E-state index contributed by atoms with van der Waals surface area (Å²) in [4.78, 5) is 4.76. The quantitative estimate of drug-likeness (QED) is 0.779. The number of nitrogens with one attached hydrogen (secondary N) is 1. The van der Waals surface area contributed by atoms with Crippen LogP contribution in [0.5, 0.6) is 5.75 Å². The maximum atomic E-state index is 5.45. The second-order valence-corrected chi connectivity index (χ2v) is 5.78. The van der Waals surface area contributed by atoms with Crippen molar-refractivity contribution < 1.29 is 4.74 Å². The molecule has 0 atom stereocenters. The summed E-state index contributed by atoms with van der Waals surface area (Å²) >= 11 is 1.72. The third kappa shape index (κ3) is 2.77. The molecule has 0 unspecified atom stereocenters. The lowest BCUT2D eigenvalue weighted by atomic mass is 10.0. The number of likely N-dealkylation sites (N-methyl/N-ethyl adjacent to an activating group) is 1. The van der Waals surface area contributed by atoms with Crippen molar-refractivity contribution in [1.29, 1.82) is 0 Å². The Morgan fingerprint density at radius 3 is 2.71 bits per heavy atom. The van der Waals surface area contributed by atoms with E-state index in [1.54, 1.807) is 18.4 Å². The van der Waals surface area contributed by atoms with E-state index >= 15 is 0 Å². The molecule has 1 aromatic heterocycles. The molecule has 2 aromatic carbocycles. The number of rotatable bonds is 5. The molecule has 3 nitrogen and oxygen atoms in total. The third-order valence-corrected chi connectivity index (χ3v) is 4.43. The van der Waals surface area contributed by atoms with Crippen LogP contribution in [0, 0.1) is 0 Å². The van der Waals surface area contributed by atoms with Gasteiger partial charge in [0.25, 0.3) is 0 Å². The van der Waals surface area contributed by atoms with Gasteiger partial charge in [-0.05, 0) is 24.6 Å². The Hall–Kier alpha value is -1.91. The van der Waals surface area contributed by atoms with Gasteiger partial charge in [-0.2, -0.15) is 0 Å². The largest absolute Gasteiger partial charge is 0.496 e. The minimum absolute atomic E-state index is 0.903. The molecule has 0 aliphatic carbocycles. The van der Waals surface area contributed by atoms with Crippen LogP contribution in [-0.2, 0) is 6.42 Å². The molecule has 0 bridgehead atoms. The Balaban J connectivity index is 2.06. The van der Waals surface area contributed by atoms with Gasteiger partial charge in [0, 0.05) is 29.3 Å². The van der Waals surface area contributed by atoms with Crippen LogP contribution in [0.25, 0.3) is 22.0 Å². The summed E-state index contributed by atoms with van der Waals surface area (Å²) in [5, 5.41) is 8.77. The summed E-state index contributed by atoms with van der Waals surface area (Å²) < 4.78 is 5.45. The smallest absolute Gasteiger partial charge is 0.126 e. The van der Waals surface area contributed by atoms with Crippen molar-refractivity contribution in [3.63, 3.8) is 0 Å². The van der Waals surface area contributed by atoms with E-state index < -0.39 is 0 Å². The average molecular weight is 298 g/mol. The molecular weight excluding hydrogens is 280 g/mol. The fourth-order valence-corrected chi connectivity index (χ4v) is 3.25. The number of thiazole rings is 1. The summed E-state index contributed by atoms with van der Waals surface area (Å²) in [6.45, 7) is 0.955. The third-order valence-electron chi connectivity index (χ3n) is 3.52. The van der Waals surface area contributed by atoms with Gasteiger partial charge in [0.15, 0.2) is 0 Å². The zero-order valence-electron chi connectivity index (χ0n) is 12.2. The molecule has 0 spiro atoms. The highest BCUT2D eigenvalue weighted by Crippen LogP contribution is 2.34. The minimum Gasteiger partial charge on any atom is -0.496 e. The molecule has 1 heterocycles. The molecule has 21 heavy (non-hydrogen) atoms. The number of fused-ring (bicyclic) bond motifs is 1. The second kappa shape index (κ2) is 6.24. The lowest BCUT2D eigenvalue weighted by molar-refractivity contribution is 0.420. The molecule has 3 aromatic rings. The highest BCUT2D eigenvalue weighted by molar-refractivity contribution is 7.10. The number of hydrogen-bond donors (Lipinski definition) is 1. The lowest BCUT2D eigenvalue weighted by Crippen LogP contribution is -2.09. The molecule has 0 aliphatic heterocycles. The van der Waals surface area contributed by atoms with E-state index in [0.29, 0.717) is 0 Å². The van der Waals surface area contributed by atoms with E-state index in [0.717, 1.165) is 29.8 Å². The fraction of sp³-hybridized carbons (Fsp3) is 0.235. The van der Waals surface area contributed by atoms with Crippen molar-refractivity contribution in [3.05, 3.63) is 46.8 Å². The predicted molar refractivity (Wildman–Crippen MR) is 89.2 cm³/mol. The van der Waals surface area contributed by atoms with Gasteiger partial charge in [-0.25, -0.2) is 4.98 Å². The van der Waals surface area contributed by atoms with E-state index in [1.807, 2.05) is 19.2 Å². The Bertz CT molecular complexity index is 751. The van der Waals surface area contributed by atoms with E-state index in [-0.39, 0.29) is 0 Å². The van der Waals surface area contributed by atoms with Crippen LogP contribution >= 0.6 is 11.3 Å². The number of hydrogen-bond acceptors (Lipinski definition) is 4. The van der Waals surface area contributed by atoms with Gasteiger partial charge in [-0.1, -0.05) is 24.3 Å². The van der Waals surface area contributed by atoms with Crippen LogP contribution in [0.15, 0.2) is 41.8 Å². The Morgan fingerprint density at radius 2 is 1.95 bits per heavy atom. The van der Waals surface area contributed by atoms with Crippen LogP contribution in [-0.4, -0.2) is 25.7 Å². The molecule has 0 saturated carbocycles. The normalized spacial score (nSPS) is 11.0. The molecule has 108 valence electrons. The van der Waals surface area contributed by atoms with Gasteiger partial charge in [0.1, 0.15) is 5.75 Å². The minimum atomic E-state index is 0.903. The maximum Gasteiger partial charge on any atom is 0.126 e. The topological polar surface area (TPSA) is 34.2 Å². The molecule has 4 heteroatoms. The summed E-state index contributed by atoms with van der Waals surface area (Å²) in [6, 6.07) is 12.4. The van der Waals surface area contributed by atoms with Gasteiger partial charge in [-0.15, -0.1) is 11.3 Å². The predicted octanol–water partition coefficient (Wildman–Crippen LogP) is 3.73. The van der Waals surface area contributed by atoms with Crippen LogP contribution in [0.4, 0.5) is 0 Å². The van der Waals surface area contributed by atoms with Gasteiger partial charge >= 0.3 is 0 Å². The van der Waals surface area contributed by atoms with Crippen molar-refractivity contribution >= 4 is 22.1 Å². The van der Waals surface area contributed by atoms with Crippen LogP contribution < -0.4 is 10.1 Å². The fourth-order valence-electron chi connectivity index (χ4n) is 2.45. The highest BCUT2D eigenvalue weighted by atomic mass is 32.1. The van der Waals surface area contributed by atoms with Gasteiger partial charge in [0.05, 0.1) is 17.8 Å². The van der Waals surface area contributed by atoms with E-state index in [1.165, 1.54) is 16.0 Å². The Kier molecular flexibility index (Phi) is 4.18. The van der Waals surface area contributed by atoms with Crippen molar-refractivity contribution in [2.24, 2.45) is 0 Å². The molecule has 0 fully saturated rings. The van der Waals surface area contributed by atoms with E-state index in [2.05, 4.69) is 35.0 Å². The molecular formula is C17H18N2OS. The molecule has 0 saturated heterocycles. The van der Waals surface area contributed by atoms with Crippen molar-refractivity contribution in [3.8, 4) is 17.0 Å². The van der Waals surface area contributed by atoms with Gasteiger partial charge < -0.3 is 10.1 Å². The van der Waals surface area contributed by atoms with E-state index in [9.17, 15) is 0 Å². The first-order chi connectivity index (χ1) is 10.3. The monoisotopic (exact) mass is 298 g/mol. The average Bonchev–Trinajstić information content (AvgIpc) is 3.00. The SMILES string of the molecule is CNCCc1nc(-c2ccc(OC)c3ccccc23)cs1. The number of nitrogens with zero attached hydrogens (tertiary/aromatic N) is 1. The summed E-state index contributed by atoms with van der Waals surface area (Å²) in [5.74, 6) is 0.903. The van der Waals surface area contributed by atoms with Crippen LogP contribution in [0.3, 0.4) is 0 Å². The second-order valence-electron chi connectivity index (χ2n) is 4.84. The Morgan fingerprint density at radius 1 is 1.14 bits per heavy atom. The summed E-state index contributed by atoms with van der Waals surface area (Å²) in [5.41, 5.74) is 2.21. The number of ether oxygens (including phenoxy) is 1. The van der Waals surface area contributed by atoms with Crippen LogP contribution in [0.2, 0.25) is 0 Å². The van der Waals surface area contributed by atoms with Crippen molar-refractivity contribution in [2.45, 2.75) is 6.42 Å². The van der Waals surface area contributed by atoms with Crippen LogP contribution in [0.1, 0.15) is 5.01 Å². The number of benzene rings is 2. The lowest BCUT2D eigenvalue weighted by Gasteiger charge is -2.08. The summed E-state index contributed by atoms with van der Waals surface area (Å²) in [6.07, 6.45) is 0.968. The molecule has 0 amide bonds. The zero-order valence-corrected chi connectivity index (χ0v) is 13.0. The Labute approximate surface area is 128 Å². The molecule has 1 N–H and O–H groups in total. The van der Waals surface area contributed by atoms with Gasteiger partial charge in [-0.3, -0.25) is 0 Å². The molecule has 0 aliphatic rings. The summed E-state index contributed by atoms with van der Waals surface area (Å²) in [7, 11) is 3.67. The maximum absolute atomic E-state index is 5.45. The molecule has 0 radical (unpaired) electrons. The standard InChI is InChI=1S/C17H18N2OS/c1-18-10-9-17-19-15(11-21-17)13-7-8-16(20-2)14-6-4-3-5-12(13)14/h3-8,11,18H,9-10H2,1-2H3. The van der Waals surface area contributed by atoms with E-state index in [4.69, 9.17) is 9.72 Å². The highest BCUT2D eigenvalue weighted by Gasteiger charge is 2.10. The van der Waals surface area contributed by atoms with Gasteiger partial charge in [0.2, 0.25) is 0 Å². The first-order valence-corrected chi connectivity index (χ1v) is 7.86.